The van der Waals surface area contributed by atoms with Gasteiger partial charge in [-0.1, -0.05) is 70.9 Å². The molecule has 32 heavy (non-hydrogen) atoms. The third-order valence-electron chi connectivity index (χ3n) is 5.33. The lowest BCUT2D eigenvalue weighted by molar-refractivity contribution is -0.127. The molecule has 0 heterocycles. The fourth-order valence-corrected chi connectivity index (χ4v) is 3.36. The first-order valence-electron chi connectivity index (χ1n) is 11.2. The highest BCUT2D eigenvalue weighted by Crippen LogP contribution is 2.24. The van der Waals surface area contributed by atoms with Crippen LogP contribution in [0.4, 0.5) is 4.39 Å². The fourth-order valence-electron chi connectivity index (χ4n) is 3.36. The van der Waals surface area contributed by atoms with Crippen LogP contribution in [-0.2, 0) is 16.2 Å². The van der Waals surface area contributed by atoms with Crippen molar-refractivity contribution in [3.8, 4) is 0 Å². The Morgan fingerprint density at radius 1 is 1.03 bits per heavy atom. The summed E-state index contributed by atoms with van der Waals surface area (Å²) in [6, 6.07) is 14.5. The van der Waals surface area contributed by atoms with Gasteiger partial charge in [0.25, 0.3) is 0 Å². The molecule has 6 heteroatoms. The van der Waals surface area contributed by atoms with Crippen molar-refractivity contribution >= 4 is 11.7 Å². The van der Waals surface area contributed by atoms with Gasteiger partial charge in [0.2, 0.25) is 5.91 Å². The van der Waals surface area contributed by atoms with Gasteiger partial charge in [0.05, 0.1) is 18.6 Å². The SMILES string of the molecule is CCCCC(CNOCc1ccccc1)C(=O)NC(C(=O)c1ccc(F)cc1)C(C)(C)C. The normalized spacial score (nSPS) is 13.4. The van der Waals surface area contributed by atoms with Gasteiger partial charge in [-0.05, 0) is 41.7 Å². The van der Waals surface area contributed by atoms with Crippen LogP contribution in [-0.4, -0.2) is 24.3 Å². The van der Waals surface area contributed by atoms with E-state index in [1.807, 2.05) is 51.1 Å². The molecule has 0 radical (unpaired) electrons. The molecule has 2 rings (SSSR count). The van der Waals surface area contributed by atoms with E-state index in [-0.39, 0.29) is 17.6 Å². The predicted molar refractivity (Wildman–Crippen MR) is 124 cm³/mol. The quantitative estimate of drug-likeness (QED) is 0.274. The minimum absolute atomic E-state index is 0.190. The minimum atomic E-state index is -0.727. The number of carbonyl (C=O) groups excluding carboxylic acids is 2. The summed E-state index contributed by atoms with van der Waals surface area (Å²) in [5, 5.41) is 2.96. The van der Waals surface area contributed by atoms with Gasteiger partial charge in [0.1, 0.15) is 5.82 Å². The molecule has 2 aromatic carbocycles. The Labute approximate surface area is 190 Å². The Morgan fingerprint density at radius 3 is 2.28 bits per heavy atom. The van der Waals surface area contributed by atoms with Crippen LogP contribution in [0.15, 0.2) is 54.6 Å². The van der Waals surface area contributed by atoms with Crippen LogP contribution in [0.1, 0.15) is 62.9 Å². The van der Waals surface area contributed by atoms with E-state index < -0.39 is 17.3 Å². The van der Waals surface area contributed by atoms with E-state index in [1.165, 1.54) is 24.3 Å². The Hall–Kier alpha value is -2.57. The second-order valence-electron chi connectivity index (χ2n) is 9.14. The van der Waals surface area contributed by atoms with E-state index in [0.717, 1.165) is 18.4 Å². The number of hydrogen-bond acceptors (Lipinski definition) is 4. The molecule has 0 spiro atoms. The summed E-state index contributed by atoms with van der Waals surface area (Å²) in [4.78, 5) is 31.8. The molecular weight excluding hydrogens is 407 g/mol. The lowest BCUT2D eigenvalue weighted by atomic mass is 9.81. The molecule has 0 aliphatic heterocycles. The summed E-state index contributed by atoms with van der Waals surface area (Å²) in [6.45, 7) is 8.53. The zero-order chi connectivity index (χ0) is 23.6. The van der Waals surface area contributed by atoms with Crippen molar-refractivity contribution in [3.63, 3.8) is 0 Å². The van der Waals surface area contributed by atoms with E-state index in [9.17, 15) is 14.0 Å². The molecule has 0 saturated carbocycles. The average Bonchev–Trinajstić information content (AvgIpc) is 2.76. The highest BCUT2D eigenvalue weighted by Gasteiger charge is 2.34. The molecule has 2 atom stereocenters. The summed E-state index contributed by atoms with van der Waals surface area (Å²) < 4.78 is 13.3. The van der Waals surface area contributed by atoms with Gasteiger partial charge in [-0.15, -0.1) is 0 Å². The van der Waals surface area contributed by atoms with Crippen LogP contribution in [0.3, 0.4) is 0 Å². The highest BCUT2D eigenvalue weighted by atomic mass is 19.1. The van der Waals surface area contributed by atoms with Crippen LogP contribution in [0.5, 0.6) is 0 Å². The number of ketones is 1. The van der Waals surface area contributed by atoms with Crippen molar-refractivity contribution < 1.29 is 18.8 Å². The number of amides is 1. The van der Waals surface area contributed by atoms with Crippen molar-refractivity contribution in [2.24, 2.45) is 11.3 Å². The summed E-state index contributed by atoms with van der Waals surface area (Å²) in [5.41, 5.74) is 3.82. The second-order valence-corrected chi connectivity index (χ2v) is 9.14. The number of benzene rings is 2. The Kier molecular flexibility index (Phi) is 10.0. The van der Waals surface area contributed by atoms with E-state index in [2.05, 4.69) is 17.7 Å². The van der Waals surface area contributed by atoms with E-state index in [1.54, 1.807) is 0 Å². The maximum Gasteiger partial charge on any atom is 0.225 e. The smallest absolute Gasteiger partial charge is 0.225 e. The molecule has 0 aliphatic rings. The molecule has 174 valence electrons. The number of halogens is 1. The van der Waals surface area contributed by atoms with Gasteiger partial charge in [-0.3, -0.25) is 14.4 Å². The van der Waals surface area contributed by atoms with Crippen molar-refractivity contribution in [3.05, 3.63) is 71.5 Å². The molecule has 2 aromatic rings. The van der Waals surface area contributed by atoms with Crippen LogP contribution in [0.2, 0.25) is 0 Å². The Morgan fingerprint density at radius 2 is 1.69 bits per heavy atom. The van der Waals surface area contributed by atoms with Crippen molar-refractivity contribution in [1.29, 1.82) is 0 Å². The van der Waals surface area contributed by atoms with Gasteiger partial charge in [-0.2, -0.15) is 0 Å². The Bertz CT molecular complexity index is 848. The number of hydrogen-bond donors (Lipinski definition) is 2. The number of nitrogens with one attached hydrogen (secondary N) is 2. The highest BCUT2D eigenvalue weighted by molar-refractivity contribution is 6.02. The monoisotopic (exact) mass is 442 g/mol. The summed E-state index contributed by atoms with van der Waals surface area (Å²) in [5.74, 6) is -1.16. The minimum Gasteiger partial charge on any atom is -0.345 e. The van der Waals surface area contributed by atoms with Gasteiger partial charge >= 0.3 is 0 Å². The van der Waals surface area contributed by atoms with Crippen molar-refractivity contribution in [2.45, 2.75) is 59.6 Å². The number of rotatable bonds is 12. The zero-order valence-electron chi connectivity index (χ0n) is 19.5. The average molecular weight is 443 g/mol. The summed E-state index contributed by atoms with van der Waals surface area (Å²) in [6.07, 6.45) is 2.54. The Balaban J connectivity index is 2.03. The maximum absolute atomic E-state index is 13.3. The van der Waals surface area contributed by atoms with E-state index >= 15 is 0 Å². The molecule has 2 N–H and O–H groups in total. The first kappa shape index (κ1) is 25.7. The molecule has 5 nitrogen and oxygen atoms in total. The number of hydroxylamine groups is 1. The molecule has 0 aromatic heterocycles. The van der Waals surface area contributed by atoms with Gasteiger partial charge < -0.3 is 5.32 Å². The molecular formula is C26H35FN2O3. The third kappa shape index (κ3) is 8.17. The van der Waals surface area contributed by atoms with Crippen LogP contribution >= 0.6 is 0 Å². The van der Waals surface area contributed by atoms with E-state index in [0.29, 0.717) is 25.1 Å². The lowest BCUT2D eigenvalue weighted by Gasteiger charge is -2.32. The van der Waals surface area contributed by atoms with E-state index in [4.69, 9.17) is 4.84 Å². The first-order valence-corrected chi connectivity index (χ1v) is 11.2. The second kappa shape index (κ2) is 12.5. The van der Waals surface area contributed by atoms with Gasteiger partial charge in [-0.25, -0.2) is 9.87 Å². The molecule has 0 bridgehead atoms. The lowest BCUT2D eigenvalue weighted by Crippen LogP contribution is -2.52. The third-order valence-corrected chi connectivity index (χ3v) is 5.33. The molecule has 1 amide bonds. The molecule has 0 saturated heterocycles. The van der Waals surface area contributed by atoms with Crippen molar-refractivity contribution in [2.75, 3.05) is 6.54 Å². The number of unbranched alkanes of at least 4 members (excludes halogenated alkanes) is 1. The maximum atomic E-state index is 13.3. The van der Waals surface area contributed by atoms with Crippen LogP contribution in [0, 0.1) is 17.2 Å². The van der Waals surface area contributed by atoms with Crippen molar-refractivity contribution in [1.82, 2.24) is 10.8 Å². The topological polar surface area (TPSA) is 67.4 Å². The summed E-state index contributed by atoms with van der Waals surface area (Å²) in [7, 11) is 0. The molecule has 2 unspecified atom stereocenters. The largest absolute Gasteiger partial charge is 0.345 e. The molecule has 0 aliphatic carbocycles. The van der Waals surface area contributed by atoms with Crippen LogP contribution in [0.25, 0.3) is 0 Å². The fraction of sp³-hybridized carbons (Fsp3) is 0.462. The number of Topliss-reactive ketones (excluding diaryl/α,β-unsaturated/α-hetero) is 1. The standard InChI is InChI=1S/C26H35FN2O3/c1-5-6-12-21(17-28-32-18-19-10-8-7-9-11-19)25(31)29-24(26(2,3)4)23(30)20-13-15-22(27)16-14-20/h7-11,13-16,21,24,28H,5-6,12,17-18H2,1-4H3,(H,29,31). The summed E-state index contributed by atoms with van der Waals surface area (Å²) >= 11 is 0. The zero-order valence-corrected chi connectivity index (χ0v) is 19.5. The van der Waals surface area contributed by atoms with Gasteiger partial charge in [0.15, 0.2) is 5.78 Å². The first-order chi connectivity index (χ1) is 15.2. The number of carbonyl (C=O) groups is 2. The van der Waals surface area contributed by atoms with Crippen LogP contribution < -0.4 is 10.8 Å². The molecule has 0 fully saturated rings. The van der Waals surface area contributed by atoms with Gasteiger partial charge in [0, 0.05) is 12.1 Å². The predicted octanol–water partition coefficient (Wildman–Crippen LogP) is 5.07.